The van der Waals surface area contributed by atoms with Gasteiger partial charge >= 0.3 is 5.97 Å². The Labute approximate surface area is 151 Å². The van der Waals surface area contributed by atoms with Gasteiger partial charge in [-0.2, -0.15) is 0 Å². The van der Waals surface area contributed by atoms with Crippen molar-refractivity contribution in [1.82, 2.24) is 0 Å². The second-order valence-electron chi connectivity index (χ2n) is 7.50. The summed E-state index contributed by atoms with van der Waals surface area (Å²) >= 11 is 0. The molecular weight excluding hydrogens is 316 g/mol. The van der Waals surface area contributed by atoms with Gasteiger partial charge in [0.15, 0.2) is 0 Å². The predicted molar refractivity (Wildman–Crippen MR) is 99.1 cm³/mol. The fourth-order valence-corrected chi connectivity index (χ4v) is 3.78. The highest BCUT2D eigenvalue weighted by Crippen LogP contribution is 2.35. The zero-order chi connectivity index (χ0) is 18.4. The van der Waals surface area contributed by atoms with E-state index >= 15 is 0 Å². The van der Waals surface area contributed by atoms with Gasteiger partial charge in [0.05, 0.1) is 18.6 Å². The van der Waals surface area contributed by atoms with E-state index in [2.05, 4.69) is 26.0 Å². The van der Waals surface area contributed by atoms with Crippen LogP contribution in [0.1, 0.15) is 52.9 Å². The minimum Gasteiger partial charge on any atom is -0.457 e. The van der Waals surface area contributed by atoms with Crippen LogP contribution < -0.4 is 0 Å². The molecule has 25 heavy (non-hydrogen) atoms. The minimum atomic E-state index is -0.614. The molecule has 0 aromatic carbocycles. The monoisotopic (exact) mass is 348 g/mol. The molecule has 2 aliphatic rings. The van der Waals surface area contributed by atoms with Gasteiger partial charge in [-0.05, 0) is 59.0 Å². The Balaban J connectivity index is 2.29. The number of fused-ring (bicyclic) bond motifs is 1. The normalized spacial score (nSPS) is 38.3. The van der Waals surface area contributed by atoms with Crippen LogP contribution in [0.3, 0.4) is 0 Å². The van der Waals surface area contributed by atoms with Crippen LogP contribution in [0.5, 0.6) is 0 Å². The van der Waals surface area contributed by atoms with Gasteiger partial charge in [0.2, 0.25) is 0 Å². The quantitative estimate of drug-likeness (QED) is 0.606. The molecule has 4 nitrogen and oxygen atoms in total. The van der Waals surface area contributed by atoms with E-state index < -0.39 is 12.0 Å². The zero-order valence-electron chi connectivity index (χ0n) is 16.0. The van der Waals surface area contributed by atoms with Gasteiger partial charge in [0.25, 0.3) is 0 Å². The van der Waals surface area contributed by atoms with E-state index in [1.165, 1.54) is 11.1 Å². The molecule has 1 aliphatic carbocycles. The predicted octanol–water partition coefficient (Wildman–Crippen LogP) is 3.95. The summed E-state index contributed by atoms with van der Waals surface area (Å²) in [5.74, 6) is -0.926. The van der Waals surface area contributed by atoms with E-state index in [9.17, 15) is 9.90 Å². The Kier molecular flexibility index (Phi) is 7.45. The molecule has 0 unspecified atom stereocenters. The number of carbonyl (C=O) groups is 1. The maximum Gasteiger partial charge on any atom is 0.312 e. The van der Waals surface area contributed by atoms with Crippen LogP contribution in [0.15, 0.2) is 34.9 Å². The van der Waals surface area contributed by atoms with E-state index in [1.54, 1.807) is 7.11 Å². The van der Waals surface area contributed by atoms with Crippen LogP contribution in [-0.2, 0) is 14.3 Å². The SMILES string of the molecule is COC[C@H]1C(=O)O[C@H]2/C=C(\C)CC/C=C(\C)CC/C=C(\C)C[C@H](O)[C@H]21. The highest BCUT2D eigenvalue weighted by molar-refractivity contribution is 5.76. The molecule has 1 saturated heterocycles. The molecule has 0 aromatic heterocycles. The second kappa shape index (κ2) is 9.35. The van der Waals surface area contributed by atoms with E-state index in [1.807, 2.05) is 13.0 Å². The number of aliphatic hydroxyl groups is 1. The molecular formula is C21H32O4. The first kappa shape index (κ1) is 19.9. The molecule has 1 fully saturated rings. The topological polar surface area (TPSA) is 55.8 Å². The molecule has 0 radical (unpaired) electrons. The zero-order valence-corrected chi connectivity index (χ0v) is 16.0. The number of rotatable bonds is 2. The summed E-state index contributed by atoms with van der Waals surface area (Å²) in [6.45, 7) is 6.58. The molecule has 0 saturated carbocycles. The van der Waals surface area contributed by atoms with Crippen molar-refractivity contribution in [3.05, 3.63) is 34.9 Å². The third kappa shape index (κ3) is 5.55. The van der Waals surface area contributed by atoms with Gasteiger partial charge in [-0.25, -0.2) is 0 Å². The number of aliphatic hydroxyl groups excluding tert-OH is 1. The lowest BCUT2D eigenvalue weighted by Gasteiger charge is -2.25. The van der Waals surface area contributed by atoms with Crippen LogP contribution >= 0.6 is 0 Å². The van der Waals surface area contributed by atoms with Crippen LogP contribution in [0.4, 0.5) is 0 Å². The van der Waals surface area contributed by atoms with E-state index in [0.29, 0.717) is 6.42 Å². The third-order valence-electron chi connectivity index (χ3n) is 5.23. The maximum atomic E-state index is 12.3. The molecule has 0 amide bonds. The summed E-state index contributed by atoms with van der Waals surface area (Å²) in [5.41, 5.74) is 3.76. The summed E-state index contributed by atoms with van der Waals surface area (Å²) in [4.78, 5) is 12.3. The fraction of sp³-hybridized carbons (Fsp3) is 0.667. The van der Waals surface area contributed by atoms with Crippen molar-refractivity contribution >= 4 is 5.97 Å². The van der Waals surface area contributed by atoms with Crippen molar-refractivity contribution in [2.75, 3.05) is 13.7 Å². The lowest BCUT2D eigenvalue weighted by molar-refractivity contribution is -0.144. The first-order valence-electron chi connectivity index (χ1n) is 9.28. The number of allylic oxidation sites excluding steroid dienone is 4. The molecule has 1 heterocycles. The van der Waals surface area contributed by atoms with Gasteiger partial charge < -0.3 is 14.6 Å². The van der Waals surface area contributed by atoms with Crippen molar-refractivity contribution < 1.29 is 19.4 Å². The molecule has 2 rings (SSSR count). The number of hydrogen-bond donors (Lipinski definition) is 1. The lowest BCUT2D eigenvalue weighted by atomic mass is 9.82. The highest BCUT2D eigenvalue weighted by Gasteiger charge is 2.47. The molecule has 1 aliphatic heterocycles. The van der Waals surface area contributed by atoms with Crippen LogP contribution in [-0.4, -0.2) is 37.0 Å². The van der Waals surface area contributed by atoms with Gasteiger partial charge in [0, 0.05) is 13.0 Å². The second-order valence-corrected chi connectivity index (χ2v) is 7.50. The number of ether oxygens (including phenoxy) is 2. The Morgan fingerprint density at radius 3 is 2.44 bits per heavy atom. The average molecular weight is 348 g/mol. The van der Waals surface area contributed by atoms with E-state index in [4.69, 9.17) is 9.47 Å². The van der Waals surface area contributed by atoms with Gasteiger partial charge in [-0.1, -0.05) is 28.9 Å². The van der Waals surface area contributed by atoms with Crippen LogP contribution in [0.2, 0.25) is 0 Å². The first-order chi connectivity index (χ1) is 11.9. The minimum absolute atomic E-state index is 0.258. The first-order valence-corrected chi connectivity index (χ1v) is 9.28. The lowest BCUT2D eigenvalue weighted by Crippen LogP contribution is -2.34. The van der Waals surface area contributed by atoms with Crippen molar-refractivity contribution in [3.8, 4) is 0 Å². The molecule has 0 aromatic rings. The molecule has 4 heteroatoms. The van der Waals surface area contributed by atoms with Gasteiger partial charge in [-0.3, -0.25) is 4.79 Å². The number of carbonyl (C=O) groups excluding carboxylic acids is 1. The standard InChI is InChI=1S/C21H32O4/c1-14-7-5-9-15(2)11-18(22)20-17(13-24-4)21(23)25-19(20)12-16(3)10-6-8-14/h8-9,12,17-20,22H,5-7,10-11,13H2,1-4H3/b14-8+,15-9+,16-12+/t17-,18+,19+,20-/m1/s1. The fourth-order valence-electron chi connectivity index (χ4n) is 3.78. The Morgan fingerprint density at radius 1 is 1.12 bits per heavy atom. The average Bonchev–Trinajstić information content (AvgIpc) is 2.82. The van der Waals surface area contributed by atoms with E-state index in [-0.39, 0.29) is 24.6 Å². The van der Waals surface area contributed by atoms with Crippen LogP contribution in [0, 0.1) is 11.8 Å². The summed E-state index contributed by atoms with van der Waals surface area (Å²) in [6.07, 6.45) is 10.1. The van der Waals surface area contributed by atoms with Gasteiger partial charge in [0.1, 0.15) is 6.10 Å². The van der Waals surface area contributed by atoms with Crippen LogP contribution in [0.25, 0.3) is 0 Å². The van der Waals surface area contributed by atoms with Gasteiger partial charge in [-0.15, -0.1) is 0 Å². The number of methoxy groups -OCH3 is 1. The molecule has 0 spiro atoms. The maximum absolute atomic E-state index is 12.3. The largest absolute Gasteiger partial charge is 0.457 e. The van der Waals surface area contributed by atoms with Crippen molar-refractivity contribution in [1.29, 1.82) is 0 Å². The third-order valence-corrected chi connectivity index (χ3v) is 5.23. The highest BCUT2D eigenvalue weighted by atomic mass is 16.6. The summed E-state index contributed by atoms with van der Waals surface area (Å²) in [5, 5.41) is 10.8. The summed E-state index contributed by atoms with van der Waals surface area (Å²) < 4.78 is 10.8. The molecule has 140 valence electrons. The van der Waals surface area contributed by atoms with Crippen molar-refractivity contribution in [3.63, 3.8) is 0 Å². The smallest absolute Gasteiger partial charge is 0.312 e. The van der Waals surface area contributed by atoms with Crippen molar-refractivity contribution in [2.24, 2.45) is 11.8 Å². The Bertz CT molecular complexity index is 558. The number of esters is 1. The molecule has 0 bridgehead atoms. The van der Waals surface area contributed by atoms with E-state index in [0.717, 1.165) is 31.3 Å². The summed E-state index contributed by atoms with van der Waals surface area (Å²) in [7, 11) is 1.58. The van der Waals surface area contributed by atoms with Crippen molar-refractivity contribution in [2.45, 2.75) is 65.1 Å². The Hall–Kier alpha value is -1.39. The summed E-state index contributed by atoms with van der Waals surface area (Å²) in [6, 6.07) is 0. The molecule has 1 N–H and O–H groups in total. The number of hydrogen-bond acceptors (Lipinski definition) is 4. The molecule has 4 atom stereocenters. The Morgan fingerprint density at radius 2 is 1.76 bits per heavy atom.